The molecule has 4 aromatic rings. The molecule has 35 heavy (non-hydrogen) atoms. The first kappa shape index (κ1) is 23.6. The lowest BCUT2D eigenvalue weighted by Gasteiger charge is -2.18. The largest absolute Gasteiger partial charge is 0.481 e. The van der Waals surface area contributed by atoms with Crippen LogP contribution in [0.15, 0.2) is 54.7 Å². The zero-order valence-electron chi connectivity index (χ0n) is 19.2. The molecule has 2 aromatic carbocycles. The normalized spacial score (nSPS) is 13.9. The Morgan fingerprint density at radius 2 is 1.94 bits per heavy atom. The first-order valence-electron chi connectivity index (χ1n) is 11.8. The summed E-state index contributed by atoms with van der Waals surface area (Å²) < 4.78 is 1.77. The van der Waals surface area contributed by atoms with Gasteiger partial charge in [-0.25, -0.2) is 4.98 Å². The number of hydrogen-bond donors (Lipinski definition) is 2. The van der Waals surface area contributed by atoms with Crippen LogP contribution in [0.4, 0.5) is 5.82 Å². The molecule has 0 radical (unpaired) electrons. The fourth-order valence-corrected chi connectivity index (χ4v) is 5.39. The molecule has 5 rings (SSSR count). The van der Waals surface area contributed by atoms with Crippen molar-refractivity contribution in [1.82, 2.24) is 14.8 Å². The predicted molar refractivity (Wildman–Crippen MR) is 140 cm³/mol. The minimum absolute atomic E-state index is 0.129. The number of carboxylic acid groups (broad SMARTS) is 1. The highest BCUT2D eigenvalue weighted by atomic mass is 35.5. The van der Waals surface area contributed by atoms with E-state index in [4.69, 9.17) is 28.2 Å². The molecule has 0 spiro atoms. The van der Waals surface area contributed by atoms with E-state index >= 15 is 0 Å². The van der Waals surface area contributed by atoms with Crippen molar-refractivity contribution in [2.75, 3.05) is 11.9 Å². The molecule has 3 heterocycles. The molecule has 180 valence electrons. The van der Waals surface area contributed by atoms with Gasteiger partial charge in [-0.3, -0.25) is 9.48 Å². The summed E-state index contributed by atoms with van der Waals surface area (Å²) in [6.45, 7) is 0.986. The standard InChI is InChI=1S/C27H26Cl2N4O2/c28-20-12-19(13-21(29)14-20)25(15-26(34)35)33-24-8-2-5-17(23(24)16-31-33)4-1-7-22-10-9-18-6-3-11-30-27(18)32-22/h2,5,8-10,12-14,16,25H,1,3-4,6-7,11,15H2,(H,30,32)(H,34,35). The van der Waals surface area contributed by atoms with Crippen molar-refractivity contribution in [3.63, 3.8) is 0 Å². The molecule has 1 unspecified atom stereocenters. The SMILES string of the molecule is O=C(O)CC(c1cc(Cl)cc(Cl)c1)n1ncc2c(CCCc3ccc4c(n3)NCCC4)cccc21. The highest BCUT2D eigenvalue weighted by molar-refractivity contribution is 6.34. The maximum absolute atomic E-state index is 11.7. The van der Waals surface area contributed by atoms with Gasteiger partial charge < -0.3 is 10.4 Å². The van der Waals surface area contributed by atoms with Crippen LogP contribution in [0.25, 0.3) is 10.9 Å². The number of pyridine rings is 1. The highest BCUT2D eigenvalue weighted by Gasteiger charge is 2.22. The molecular formula is C27H26Cl2N4O2. The van der Waals surface area contributed by atoms with Crippen LogP contribution in [0.2, 0.25) is 10.0 Å². The average molecular weight is 509 g/mol. The second-order valence-electron chi connectivity index (χ2n) is 8.95. The van der Waals surface area contributed by atoms with Crippen molar-refractivity contribution < 1.29 is 9.90 Å². The van der Waals surface area contributed by atoms with E-state index in [-0.39, 0.29) is 6.42 Å². The Kier molecular flexibility index (Phi) is 6.93. The number of carbonyl (C=O) groups is 1. The first-order valence-corrected chi connectivity index (χ1v) is 12.6. The van der Waals surface area contributed by atoms with Gasteiger partial charge in [-0.2, -0.15) is 5.10 Å². The molecule has 0 bridgehead atoms. The van der Waals surface area contributed by atoms with Crippen LogP contribution in [0.1, 0.15) is 47.7 Å². The summed E-state index contributed by atoms with van der Waals surface area (Å²) in [6, 6.07) is 15.0. The molecule has 6 nitrogen and oxygen atoms in total. The van der Waals surface area contributed by atoms with Gasteiger partial charge in [0.25, 0.3) is 0 Å². The number of halogens is 2. The Balaban J connectivity index is 1.38. The maximum Gasteiger partial charge on any atom is 0.305 e. The highest BCUT2D eigenvalue weighted by Crippen LogP contribution is 2.31. The lowest BCUT2D eigenvalue weighted by atomic mass is 10.0. The maximum atomic E-state index is 11.7. The predicted octanol–water partition coefficient (Wildman–Crippen LogP) is 6.34. The van der Waals surface area contributed by atoms with Crippen LogP contribution in [-0.4, -0.2) is 32.4 Å². The minimum atomic E-state index is -0.919. The van der Waals surface area contributed by atoms with E-state index in [0.29, 0.717) is 15.6 Å². The summed E-state index contributed by atoms with van der Waals surface area (Å²) in [5.41, 5.74) is 5.19. The quantitative estimate of drug-likeness (QED) is 0.290. The zero-order valence-corrected chi connectivity index (χ0v) is 20.7. The number of aliphatic carboxylic acids is 1. The Morgan fingerprint density at radius 1 is 1.11 bits per heavy atom. The summed E-state index contributed by atoms with van der Waals surface area (Å²) in [5.74, 6) is 0.112. The Hall–Kier alpha value is -3.09. The van der Waals surface area contributed by atoms with Crippen LogP contribution in [0.5, 0.6) is 0 Å². The molecule has 0 aliphatic carbocycles. The molecule has 0 fully saturated rings. The summed E-state index contributed by atoms with van der Waals surface area (Å²) in [5, 5.41) is 19.6. The Bertz CT molecular complexity index is 1360. The third kappa shape index (κ3) is 5.29. The summed E-state index contributed by atoms with van der Waals surface area (Å²) in [6.07, 6.45) is 6.67. The molecule has 1 aliphatic rings. The van der Waals surface area contributed by atoms with E-state index in [1.807, 2.05) is 18.3 Å². The third-order valence-electron chi connectivity index (χ3n) is 6.50. The average Bonchev–Trinajstić information content (AvgIpc) is 3.26. The third-order valence-corrected chi connectivity index (χ3v) is 6.93. The summed E-state index contributed by atoms with van der Waals surface area (Å²) in [7, 11) is 0. The first-order chi connectivity index (χ1) is 17.0. The molecule has 0 amide bonds. The van der Waals surface area contributed by atoms with Crippen LogP contribution < -0.4 is 5.32 Å². The van der Waals surface area contributed by atoms with Gasteiger partial charge in [0, 0.05) is 27.7 Å². The van der Waals surface area contributed by atoms with Gasteiger partial charge in [-0.15, -0.1) is 0 Å². The van der Waals surface area contributed by atoms with Crippen molar-refractivity contribution in [2.45, 2.75) is 44.6 Å². The molecular weight excluding hydrogens is 483 g/mol. The fraction of sp³-hybridized carbons (Fsp3) is 0.296. The van der Waals surface area contributed by atoms with Gasteiger partial charge in [0.05, 0.1) is 24.2 Å². The number of benzene rings is 2. The van der Waals surface area contributed by atoms with Crippen molar-refractivity contribution in [3.8, 4) is 0 Å². The monoisotopic (exact) mass is 508 g/mol. The van der Waals surface area contributed by atoms with Crippen LogP contribution in [0.3, 0.4) is 0 Å². The van der Waals surface area contributed by atoms with Crippen LogP contribution >= 0.6 is 23.2 Å². The number of carboxylic acids is 1. The molecule has 2 aromatic heterocycles. The lowest BCUT2D eigenvalue weighted by molar-refractivity contribution is -0.137. The van der Waals surface area contributed by atoms with E-state index in [9.17, 15) is 9.90 Å². The topological polar surface area (TPSA) is 80.0 Å². The van der Waals surface area contributed by atoms with Crippen molar-refractivity contribution in [1.29, 1.82) is 0 Å². The summed E-state index contributed by atoms with van der Waals surface area (Å²) in [4.78, 5) is 16.5. The minimum Gasteiger partial charge on any atom is -0.481 e. The number of nitrogens with one attached hydrogen (secondary N) is 1. The van der Waals surface area contributed by atoms with Gasteiger partial charge in [0.2, 0.25) is 0 Å². The summed E-state index contributed by atoms with van der Waals surface area (Å²) >= 11 is 12.4. The lowest BCUT2D eigenvalue weighted by Crippen LogP contribution is -2.16. The molecule has 1 aliphatic heterocycles. The molecule has 0 saturated carbocycles. The number of anilines is 1. The Morgan fingerprint density at radius 3 is 2.74 bits per heavy atom. The Labute approximate surface area is 213 Å². The number of nitrogens with zero attached hydrogens (tertiary/aromatic N) is 3. The smallest absolute Gasteiger partial charge is 0.305 e. The van der Waals surface area contributed by atoms with Gasteiger partial charge in [0.15, 0.2) is 0 Å². The van der Waals surface area contributed by atoms with Gasteiger partial charge >= 0.3 is 5.97 Å². The van der Waals surface area contributed by atoms with Crippen molar-refractivity contribution >= 4 is 45.9 Å². The van der Waals surface area contributed by atoms with Crippen molar-refractivity contribution in [2.24, 2.45) is 0 Å². The number of rotatable bonds is 8. The number of aryl methyl sites for hydroxylation is 3. The molecule has 8 heteroatoms. The fourth-order valence-electron chi connectivity index (χ4n) is 4.84. The van der Waals surface area contributed by atoms with Crippen LogP contribution in [0, 0.1) is 0 Å². The molecule has 1 atom stereocenters. The van der Waals surface area contributed by atoms with E-state index in [1.54, 1.807) is 22.9 Å². The number of hydrogen-bond acceptors (Lipinski definition) is 4. The molecule has 2 N–H and O–H groups in total. The van der Waals surface area contributed by atoms with E-state index in [0.717, 1.165) is 61.1 Å². The zero-order chi connectivity index (χ0) is 24.4. The van der Waals surface area contributed by atoms with E-state index in [1.165, 1.54) is 11.1 Å². The number of aromatic nitrogens is 3. The van der Waals surface area contributed by atoms with Gasteiger partial charge in [-0.05, 0) is 79.1 Å². The van der Waals surface area contributed by atoms with E-state index < -0.39 is 12.0 Å². The number of fused-ring (bicyclic) bond motifs is 2. The van der Waals surface area contributed by atoms with Crippen LogP contribution in [-0.2, 0) is 24.1 Å². The molecule has 0 saturated heterocycles. The second kappa shape index (κ2) is 10.3. The van der Waals surface area contributed by atoms with E-state index in [2.05, 4.69) is 28.6 Å². The van der Waals surface area contributed by atoms with Gasteiger partial charge in [-0.1, -0.05) is 41.4 Å². The second-order valence-corrected chi connectivity index (χ2v) is 9.82. The van der Waals surface area contributed by atoms with Gasteiger partial charge in [0.1, 0.15) is 5.82 Å². The van der Waals surface area contributed by atoms with Crippen molar-refractivity contribution in [3.05, 3.63) is 87.2 Å².